The van der Waals surface area contributed by atoms with Crippen molar-refractivity contribution < 1.29 is 33.7 Å². The Morgan fingerprint density at radius 2 is 1.81 bits per heavy atom. The van der Waals surface area contributed by atoms with Gasteiger partial charge in [-0.15, -0.1) is 11.8 Å². The van der Waals surface area contributed by atoms with Crippen LogP contribution in [-0.4, -0.2) is 83.9 Å². The fourth-order valence-corrected chi connectivity index (χ4v) is 8.62. The van der Waals surface area contributed by atoms with Crippen molar-refractivity contribution in [3.8, 4) is 0 Å². The number of aryl methyl sites for hydroxylation is 1. The third-order valence-electron chi connectivity index (χ3n) is 9.64. The molecule has 0 radical (unpaired) electrons. The molecule has 238 valence electrons. The zero-order valence-electron chi connectivity index (χ0n) is 26.5. The number of imidazole rings is 1. The molecule has 2 saturated heterocycles. The molecule has 0 aliphatic carbocycles. The molecule has 0 amide bonds. The lowest BCUT2D eigenvalue weighted by Crippen LogP contribution is -2.53. The van der Waals surface area contributed by atoms with Crippen LogP contribution in [0.15, 0.2) is 18.9 Å². The number of aromatic nitrogens is 4. The second-order valence-corrected chi connectivity index (χ2v) is 14.1. The Balaban J connectivity index is 1.67. The van der Waals surface area contributed by atoms with Crippen LogP contribution in [0.3, 0.4) is 0 Å². The van der Waals surface area contributed by atoms with E-state index in [1.54, 1.807) is 33.5 Å². The molecule has 0 bridgehead atoms. The number of rotatable bonds is 6. The third-order valence-corrected chi connectivity index (χ3v) is 10.9. The van der Waals surface area contributed by atoms with Crippen LogP contribution in [0.5, 0.6) is 0 Å². The highest BCUT2D eigenvalue weighted by Gasteiger charge is 2.61. The summed E-state index contributed by atoms with van der Waals surface area (Å²) in [6.07, 6.45) is 4.32. The maximum atomic E-state index is 14.1. The van der Waals surface area contributed by atoms with Crippen LogP contribution in [0.2, 0.25) is 0 Å². The fraction of sp³-hybridized carbons (Fsp3) is 0.742. The normalized spacial score (nSPS) is 37.9. The van der Waals surface area contributed by atoms with Gasteiger partial charge in [0.25, 0.3) is 0 Å². The summed E-state index contributed by atoms with van der Waals surface area (Å²) in [5, 5.41) is 10.5. The van der Waals surface area contributed by atoms with Crippen molar-refractivity contribution in [2.45, 2.75) is 103 Å². The summed E-state index contributed by atoms with van der Waals surface area (Å²) >= 11 is 1.43. The molecule has 11 nitrogen and oxygen atoms in total. The van der Waals surface area contributed by atoms with E-state index >= 15 is 0 Å². The van der Waals surface area contributed by atoms with E-state index in [0.717, 1.165) is 0 Å². The van der Waals surface area contributed by atoms with Crippen molar-refractivity contribution in [1.29, 1.82) is 0 Å². The lowest BCUT2D eigenvalue weighted by Gasteiger charge is -2.42. The fourth-order valence-electron chi connectivity index (χ4n) is 7.17. The standard InChI is InChI=1S/C31H46N4O7S/c1-9-22-31(7)23(26(29(39)42-31)43-11-10-35-16-34-21-14-32-15-33-27(21)35)19(4)24(36)17(2)12-30(6,40-8)13-18(3)25(37)20(5)28(38)41-22/h14-20,22-23,25-26,37H,9-13H2,1-8H3. The molecule has 10 atom stereocenters. The van der Waals surface area contributed by atoms with Crippen LogP contribution in [0.4, 0.5) is 0 Å². The van der Waals surface area contributed by atoms with Gasteiger partial charge in [0.15, 0.2) is 11.2 Å². The first-order chi connectivity index (χ1) is 20.3. The highest BCUT2D eigenvalue weighted by atomic mass is 32.2. The number of ether oxygens (including phenoxy) is 3. The Kier molecular flexibility index (Phi) is 10.2. The van der Waals surface area contributed by atoms with Gasteiger partial charge in [-0.05, 0) is 46.0 Å². The molecule has 2 fully saturated rings. The first kappa shape index (κ1) is 33.3. The summed E-state index contributed by atoms with van der Waals surface area (Å²) in [5.74, 6) is -3.04. The average molecular weight is 619 g/mol. The molecule has 0 aromatic carbocycles. The van der Waals surface area contributed by atoms with E-state index in [-0.39, 0.29) is 17.6 Å². The molecule has 2 aliphatic heterocycles. The predicted molar refractivity (Wildman–Crippen MR) is 162 cm³/mol. The molecular weight excluding hydrogens is 572 g/mol. The quantitative estimate of drug-likeness (QED) is 0.472. The molecule has 43 heavy (non-hydrogen) atoms. The summed E-state index contributed by atoms with van der Waals surface area (Å²) in [6.45, 7) is 13.4. The molecule has 10 unspecified atom stereocenters. The summed E-state index contributed by atoms with van der Waals surface area (Å²) in [6, 6.07) is 0. The maximum Gasteiger partial charge on any atom is 0.320 e. The van der Waals surface area contributed by atoms with Gasteiger partial charge in [0, 0.05) is 37.2 Å². The van der Waals surface area contributed by atoms with E-state index in [2.05, 4.69) is 15.0 Å². The second-order valence-electron chi connectivity index (χ2n) is 12.8. The number of carbonyl (C=O) groups is 3. The number of ketones is 1. The smallest absolute Gasteiger partial charge is 0.320 e. The van der Waals surface area contributed by atoms with Gasteiger partial charge in [0.1, 0.15) is 29.0 Å². The average Bonchev–Trinajstić information content (AvgIpc) is 3.51. The zero-order valence-corrected chi connectivity index (χ0v) is 27.3. The Labute approximate surface area is 257 Å². The Bertz CT molecular complexity index is 1320. The number of cyclic esters (lactones) is 1. The SMILES string of the molecule is CCC1OC(=O)C(C)C(O)C(C)CC(C)(OC)CC(C)C(=O)C(C)C2C(SCCn3cnc4cncnc43)C(=O)OC12C. The van der Waals surface area contributed by atoms with E-state index in [4.69, 9.17) is 14.2 Å². The van der Waals surface area contributed by atoms with Crippen molar-refractivity contribution in [3.05, 3.63) is 18.9 Å². The van der Waals surface area contributed by atoms with Crippen LogP contribution in [0, 0.1) is 29.6 Å². The van der Waals surface area contributed by atoms with E-state index in [1.807, 2.05) is 39.2 Å². The summed E-state index contributed by atoms with van der Waals surface area (Å²) < 4.78 is 20.0. The predicted octanol–water partition coefficient (Wildman–Crippen LogP) is 3.85. The van der Waals surface area contributed by atoms with Crippen LogP contribution in [-0.2, 0) is 35.1 Å². The lowest BCUT2D eigenvalue weighted by molar-refractivity contribution is -0.186. The molecule has 2 aliphatic rings. The minimum absolute atomic E-state index is 0.000474. The van der Waals surface area contributed by atoms with Gasteiger partial charge in [-0.3, -0.25) is 14.4 Å². The number of fused-ring (bicyclic) bond motifs is 2. The molecule has 1 N–H and O–H groups in total. The van der Waals surface area contributed by atoms with Gasteiger partial charge < -0.3 is 23.9 Å². The number of aliphatic hydroxyl groups is 1. The van der Waals surface area contributed by atoms with Gasteiger partial charge in [-0.1, -0.05) is 27.7 Å². The Morgan fingerprint density at radius 1 is 1.09 bits per heavy atom. The second kappa shape index (κ2) is 13.2. The van der Waals surface area contributed by atoms with Gasteiger partial charge in [0.05, 0.1) is 30.1 Å². The molecule has 0 spiro atoms. The summed E-state index contributed by atoms with van der Waals surface area (Å²) in [7, 11) is 1.61. The number of thioether (sulfide) groups is 1. The van der Waals surface area contributed by atoms with Crippen LogP contribution in [0.25, 0.3) is 11.2 Å². The number of nitrogens with zero attached hydrogens (tertiary/aromatic N) is 4. The number of esters is 2. The maximum absolute atomic E-state index is 14.1. The number of Topliss-reactive ketones (excluding diaryl/α,β-unsaturated/α-hetero) is 1. The number of aliphatic hydroxyl groups excluding tert-OH is 1. The van der Waals surface area contributed by atoms with Gasteiger partial charge >= 0.3 is 11.9 Å². The number of methoxy groups -OCH3 is 1. The Morgan fingerprint density at radius 3 is 2.49 bits per heavy atom. The lowest BCUT2D eigenvalue weighted by atomic mass is 9.70. The van der Waals surface area contributed by atoms with E-state index < -0.39 is 58.4 Å². The largest absolute Gasteiger partial charge is 0.458 e. The number of hydrogen-bond acceptors (Lipinski definition) is 11. The van der Waals surface area contributed by atoms with Crippen LogP contribution >= 0.6 is 11.8 Å². The van der Waals surface area contributed by atoms with Gasteiger partial charge in [-0.25, -0.2) is 15.0 Å². The minimum Gasteiger partial charge on any atom is -0.458 e. The van der Waals surface area contributed by atoms with E-state index in [1.165, 1.54) is 18.1 Å². The highest BCUT2D eigenvalue weighted by Crippen LogP contribution is 2.48. The van der Waals surface area contributed by atoms with Crippen molar-refractivity contribution in [2.75, 3.05) is 12.9 Å². The van der Waals surface area contributed by atoms with Crippen molar-refractivity contribution in [3.63, 3.8) is 0 Å². The molecule has 0 saturated carbocycles. The number of hydrogen-bond donors (Lipinski definition) is 1. The molecule has 2 aromatic rings. The summed E-state index contributed by atoms with van der Waals surface area (Å²) in [4.78, 5) is 53.8. The van der Waals surface area contributed by atoms with Crippen molar-refractivity contribution in [2.24, 2.45) is 29.6 Å². The molecule has 2 aromatic heterocycles. The van der Waals surface area contributed by atoms with Gasteiger partial charge in [-0.2, -0.15) is 0 Å². The molecular formula is C31H46N4O7S. The monoisotopic (exact) mass is 618 g/mol. The first-order valence-corrected chi connectivity index (χ1v) is 16.2. The number of carbonyl (C=O) groups excluding carboxylic acids is 3. The molecule has 4 rings (SSSR count). The molecule has 12 heteroatoms. The third kappa shape index (κ3) is 6.61. The summed E-state index contributed by atoms with van der Waals surface area (Å²) in [5.41, 5.74) is -0.558. The Hall–Kier alpha value is -2.57. The topological polar surface area (TPSA) is 143 Å². The minimum atomic E-state index is -1.24. The zero-order chi connectivity index (χ0) is 31.7. The highest BCUT2D eigenvalue weighted by molar-refractivity contribution is 8.00. The first-order valence-electron chi connectivity index (χ1n) is 15.2. The van der Waals surface area contributed by atoms with Crippen LogP contribution in [0.1, 0.15) is 67.7 Å². The van der Waals surface area contributed by atoms with Gasteiger partial charge in [0.2, 0.25) is 0 Å². The van der Waals surface area contributed by atoms with Crippen LogP contribution < -0.4 is 0 Å². The van der Waals surface area contributed by atoms with Crippen molar-refractivity contribution in [1.82, 2.24) is 19.5 Å². The van der Waals surface area contributed by atoms with E-state index in [9.17, 15) is 19.5 Å². The van der Waals surface area contributed by atoms with Crippen molar-refractivity contribution >= 4 is 40.6 Å². The van der Waals surface area contributed by atoms with E-state index in [0.29, 0.717) is 42.7 Å². The molecule has 4 heterocycles.